The Labute approximate surface area is 162 Å². The van der Waals surface area contributed by atoms with E-state index in [2.05, 4.69) is 17.0 Å². The molecular weight excluding hydrogens is 367 g/mol. The number of carbonyl (C=O) groups is 1. The number of aromatic nitrogens is 3. The summed E-state index contributed by atoms with van der Waals surface area (Å²) in [7, 11) is 0. The minimum atomic E-state index is -0.322. The van der Waals surface area contributed by atoms with Crippen molar-refractivity contribution in [3.05, 3.63) is 52.6 Å². The Morgan fingerprint density at radius 2 is 1.96 bits per heavy atom. The molecule has 2 aromatic heterocycles. The summed E-state index contributed by atoms with van der Waals surface area (Å²) in [6, 6.07) is 5.98. The third-order valence-electron chi connectivity index (χ3n) is 4.56. The van der Waals surface area contributed by atoms with Crippen LogP contribution in [0.25, 0.3) is 16.7 Å². The summed E-state index contributed by atoms with van der Waals surface area (Å²) >= 11 is 6.60. The molecule has 5 nitrogen and oxygen atoms in total. The van der Waals surface area contributed by atoms with E-state index in [0.29, 0.717) is 46.1 Å². The maximum Gasteiger partial charge on any atom is 0.256 e. The van der Waals surface area contributed by atoms with Gasteiger partial charge in [-0.15, -0.1) is 0 Å². The Balaban J connectivity index is 2.06. The fourth-order valence-corrected chi connectivity index (χ4v) is 3.39. The Hall–Kier alpha value is -2.47. The molecule has 3 aromatic rings. The van der Waals surface area contributed by atoms with Crippen LogP contribution in [0.3, 0.4) is 0 Å². The van der Waals surface area contributed by atoms with Crippen LogP contribution in [0.5, 0.6) is 0 Å². The minimum absolute atomic E-state index is 0.126. The number of fused-ring (bicyclic) bond motifs is 1. The lowest BCUT2D eigenvalue weighted by atomic mass is 10.1. The molecule has 0 saturated carbocycles. The molecule has 0 aliphatic rings. The molecule has 0 N–H and O–H groups in total. The van der Waals surface area contributed by atoms with Gasteiger partial charge in [0.05, 0.1) is 27.4 Å². The molecule has 27 heavy (non-hydrogen) atoms. The van der Waals surface area contributed by atoms with Crippen LogP contribution >= 0.6 is 11.6 Å². The molecule has 3 rings (SSSR count). The van der Waals surface area contributed by atoms with Gasteiger partial charge < -0.3 is 4.90 Å². The van der Waals surface area contributed by atoms with Crippen molar-refractivity contribution < 1.29 is 9.18 Å². The minimum Gasteiger partial charge on any atom is -0.339 e. The van der Waals surface area contributed by atoms with E-state index in [1.807, 2.05) is 13.8 Å². The quantitative estimate of drug-likeness (QED) is 0.610. The number of nitrogens with zero attached hydrogens (tertiary/aromatic N) is 4. The van der Waals surface area contributed by atoms with Crippen LogP contribution in [0.2, 0.25) is 5.02 Å². The van der Waals surface area contributed by atoms with Gasteiger partial charge in [0.1, 0.15) is 5.82 Å². The van der Waals surface area contributed by atoms with Gasteiger partial charge in [-0.2, -0.15) is 5.10 Å². The first-order valence-electron chi connectivity index (χ1n) is 9.07. The van der Waals surface area contributed by atoms with E-state index in [0.717, 1.165) is 12.8 Å². The number of amides is 1. The highest BCUT2D eigenvalue weighted by Gasteiger charge is 2.22. The number of carbonyl (C=O) groups excluding carboxylic acids is 1. The summed E-state index contributed by atoms with van der Waals surface area (Å²) in [4.78, 5) is 19.1. The average Bonchev–Trinajstić information content (AvgIpc) is 3.00. The van der Waals surface area contributed by atoms with Gasteiger partial charge in [0.25, 0.3) is 5.91 Å². The first-order valence-corrected chi connectivity index (χ1v) is 9.44. The summed E-state index contributed by atoms with van der Waals surface area (Å²) in [5, 5.41) is 5.48. The van der Waals surface area contributed by atoms with Crippen molar-refractivity contribution in [2.75, 3.05) is 13.1 Å². The lowest BCUT2D eigenvalue weighted by Crippen LogP contribution is -2.32. The SMILES string of the molecule is CCCCN(CC)C(=O)c1cnc2c(c(C)nn2-c2ccc(F)cc2)c1Cl. The Kier molecular flexibility index (Phi) is 5.75. The van der Waals surface area contributed by atoms with Crippen molar-refractivity contribution >= 4 is 28.5 Å². The second-order valence-electron chi connectivity index (χ2n) is 6.40. The third-order valence-corrected chi connectivity index (χ3v) is 4.95. The maximum absolute atomic E-state index is 13.2. The fourth-order valence-electron chi connectivity index (χ4n) is 3.04. The molecule has 1 aromatic carbocycles. The second-order valence-corrected chi connectivity index (χ2v) is 6.77. The van der Waals surface area contributed by atoms with Gasteiger partial charge in [-0.3, -0.25) is 4.79 Å². The van der Waals surface area contributed by atoms with Gasteiger partial charge in [-0.05, 0) is 44.5 Å². The number of benzene rings is 1. The molecule has 0 saturated heterocycles. The van der Waals surface area contributed by atoms with Crippen LogP contribution in [-0.4, -0.2) is 38.7 Å². The summed E-state index contributed by atoms with van der Waals surface area (Å²) in [5.41, 5.74) is 2.26. The Morgan fingerprint density at radius 1 is 1.26 bits per heavy atom. The van der Waals surface area contributed by atoms with E-state index in [1.165, 1.54) is 18.3 Å². The maximum atomic E-state index is 13.2. The number of pyridine rings is 1. The Morgan fingerprint density at radius 3 is 2.59 bits per heavy atom. The topological polar surface area (TPSA) is 51.0 Å². The number of unbranched alkanes of at least 4 members (excludes halogenated alkanes) is 1. The molecule has 142 valence electrons. The second kappa shape index (κ2) is 8.05. The van der Waals surface area contributed by atoms with Gasteiger partial charge in [0.2, 0.25) is 0 Å². The van der Waals surface area contributed by atoms with Crippen LogP contribution in [0.4, 0.5) is 4.39 Å². The van der Waals surface area contributed by atoms with Crippen molar-refractivity contribution in [3.8, 4) is 5.69 Å². The first-order chi connectivity index (χ1) is 13.0. The predicted octanol–water partition coefficient (Wildman–Crippen LogP) is 4.78. The van der Waals surface area contributed by atoms with E-state index >= 15 is 0 Å². The molecule has 0 bridgehead atoms. The molecule has 0 aliphatic carbocycles. The lowest BCUT2D eigenvalue weighted by molar-refractivity contribution is 0.0762. The van der Waals surface area contributed by atoms with E-state index < -0.39 is 0 Å². The van der Waals surface area contributed by atoms with Crippen LogP contribution < -0.4 is 0 Å². The molecule has 0 radical (unpaired) electrons. The average molecular weight is 389 g/mol. The fraction of sp³-hybridized carbons (Fsp3) is 0.350. The highest BCUT2D eigenvalue weighted by molar-refractivity contribution is 6.38. The molecule has 0 unspecified atom stereocenters. The van der Waals surface area contributed by atoms with Gasteiger partial charge >= 0.3 is 0 Å². The van der Waals surface area contributed by atoms with Crippen LogP contribution in [0, 0.1) is 12.7 Å². The smallest absolute Gasteiger partial charge is 0.256 e. The molecular formula is C20H22ClFN4O. The summed E-state index contributed by atoms with van der Waals surface area (Å²) in [5.74, 6) is -0.447. The zero-order valence-corrected chi connectivity index (χ0v) is 16.4. The number of rotatable bonds is 6. The lowest BCUT2D eigenvalue weighted by Gasteiger charge is -2.21. The van der Waals surface area contributed by atoms with Gasteiger partial charge in [-0.25, -0.2) is 14.1 Å². The van der Waals surface area contributed by atoms with Gasteiger partial charge in [0.15, 0.2) is 5.65 Å². The van der Waals surface area contributed by atoms with Crippen molar-refractivity contribution in [2.45, 2.75) is 33.6 Å². The van der Waals surface area contributed by atoms with Gasteiger partial charge in [-0.1, -0.05) is 24.9 Å². The van der Waals surface area contributed by atoms with Crippen LogP contribution in [0.1, 0.15) is 42.7 Å². The molecule has 7 heteroatoms. The van der Waals surface area contributed by atoms with Crippen molar-refractivity contribution in [2.24, 2.45) is 0 Å². The number of aryl methyl sites for hydroxylation is 1. The third kappa shape index (κ3) is 3.67. The van der Waals surface area contributed by atoms with Crippen molar-refractivity contribution in [1.82, 2.24) is 19.7 Å². The number of hydrogen-bond acceptors (Lipinski definition) is 3. The van der Waals surface area contributed by atoms with E-state index in [-0.39, 0.29) is 11.7 Å². The molecule has 0 fully saturated rings. The predicted molar refractivity (Wildman–Crippen MR) is 105 cm³/mol. The Bertz CT molecular complexity index is 968. The first kappa shape index (κ1) is 19.3. The standard InChI is InChI=1S/C20H22ClFN4O/c1-4-6-11-25(5-2)20(27)16-12-23-19-17(18(16)21)13(3)24-26(19)15-9-7-14(22)8-10-15/h7-10,12H,4-6,11H2,1-3H3. The summed E-state index contributed by atoms with van der Waals surface area (Å²) < 4.78 is 14.8. The van der Waals surface area contributed by atoms with Crippen LogP contribution in [0.15, 0.2) is 30.5 Å². The number of hydrogen-bond donors (Lipinski definition) is 0. The zero-order chi connectivity index (χ0) is 19.6. The van der Waals surface area contributed by atoms with E-state index in [1.54, 1.807) is 21.7 Å². The highest BCUT2D eigenvalue weighted by Crippen LogP contribution is 2.30. The highest BCUT2D eigenvalue weighted by atomic mass is 35.5. The van der Waals surface area contributed by atoms with E-state index in [9.17, 15) is 9.18 Å². The molecule has 0 atom stereocenters. The monoisotopic (exact) mass is 388 g/mol. The van der Waals surface area contributed by atoms with Crippen molar-refractivity contribution in [3.63, 3.8) is 0 Å². The zero-order valence-electron chi connectivity index (χ0n) is 15.7. The number of halogens is 2. The largest absolute Gasteiger partial charge is 0.339 e. The van der Waals surface area contributed by atoms with Gasteiger partial charge in [0, 0.05) is 19.3 Å². The molecule has 1 amide bonds. The van der Waals surface area contributed by atoms with Crippen molar-refractivity contribution in [1.29, 1.82) is 0 Å². The molecule has 0 aliphatic heterocycles. The summed E-state index contributed by atoms with van der Waals surface area (Å²) in [6.45, 7) is 7.16. The molecule has 2 heterocycles. The molecule has 0 spiro atoms. The normalized spacial score (nSPS) is 11.1. The van der Waals surface area contributed by atoms with E-state index in [4.69, 9.17) is 11.6 Å². The van der Waals surface area contributed by atoms with Crippen LogP contribution in [-0.2, 0) is 0 Å². The summed E-state index contributed by atoms with van der Waals surface area (Å²) in [6.07, 6.45) is 3.45.